The zero-order valence-electron chi connectivity index (χ0n) is 12.1. The van der Waals surface area contributed by atoms with Gasteiger partial charge in [0.2, 0.25) is 11.8 Å². The van der Waals surface area contributed by atoms with E-state index in [1.54, 1.807) is 0 Å². The maximum Gasteiger partial charge on any atom is 0.233 e. The molecule has 1 fully saturated rings. The normalized spacial score (nSPS) is 29.6. The summed E-state index contributed by atoms with van der Waals surface area (Å²) in [5.74, 6) is 0.861. The summed E-state index contributed by atoms with van der Waals surface area (Å²) < 4.78 is 11.5. The molecule has 0 radical (unpaired) electrons. The summed E-state index contributed by atoms with van der Waals surface area (Å²) in [6.07, 6.45) is 5.00. The first-order chi connectivity index (χ1) is 10.7. The molecule has 0 spiro atoms. The van der Waals surface area contributed by atoms with Crippen molar-refractivity contribution in [2.75, 3.05) is 13.2 Å². The van der Waals surface area contributed by atoms with E-state index in [1.165, 1.54) is 4.90 Å². The second-order valence-corrected chi connectivity index (χ2v) is 5.94. The van der Waals surface area contributed by atoms with E-state index in [4.69, 9.17) is 9.47 Å². The Bertz CT molecular complexity index is 628. The number of benzene rings is 1. The van der Waals surface area contributed by atoms with Gasteiger partial charge in [-0.2, -0.15) is 0 Å². The number of hydrogen-bond donors (Lipinski definition) is 0. The first-order valence-electron chi connectivity index (χ1n) is 7.63. The van der Waals surface area contributed by atoms with Gasteiger partial charge in [0.15, 0.2) is 17.6 Å². The van der Waals surface area contributed by atoms with Gasteiger partial charge in [0.25, 0.3) is 0 Å². The van der Waals surface area contributed by atoms with Crippen LogP contribution in [0.1, 0.15) is 12.8 Å². The fraction of sp³-hybridized carbons (Fsp3) is 0.412. The highest BCUT2D eigenvalue weighted by atomic mass is 16.6. The number of imide groups is 1. The Morgan fingerprint density at radius 2 is 1.64 bits per heavy atom. The molecule has 5 nitrogen and oxygen atoms in total. The molecular weight excluding hydrogens is 282 g/mol. The van der Waals surface area contributed by atoms with Gasteiger partial charge in [-0.1, -0.05) is 24.3 Å². The molecule has 2 heterocycles. The number of nitrogens with zero attached hydrogens (tertiary/aromatic N) is 1. The molecule has 3 unspecified atom stereocenters. The highest BCUT2D eigenvalue weighted by molar-refractivity contribution is 6.05. The van der Waals surface area contributed by atoms with Crippen molar-refractivity contribution in [2.24, 2.45) is 11.8 Å². The van der Waals surface area contributed by atoms with E-state index in [0.29, 0.717) is 30.9 Å². The summed E-state index contributed by atoms with van der Waals surface area (Å²) in [6.45, 7) is 0.612. The Kier molecular flexibility index (Phi) is 3.13. The number of ether oxygens (including phenoxy) is 2. The number of fused-ring (bicyclic) bond motifs is 2. The fourth-order valence-corrected chi connectivity index (χ4v) is 3.41. The monoisotopic (exact) mass is 299 g/mol. The highest BCUT2D eigenvalue weighted by Gasteiger charge is 2.48. The van der Waals surface area contributed by atoms with Gasteiger partial charge in [0, 0.05) is 0 Å². The minimum absolute atomic E-state index is 0.0678. The largest absolute Gasteiger partial charge is 0.486 e. The van der Waals surface area contributed by atoms with Gasteiger partial charge in [-0.3, -0.25) is 14.5 Å². The van der Waals surface area contributed by atoms with E-state index in [1.807, 2.05) is 36.4 Å². The zero-order chi connectivity index (χ0) is 15.1. The molecule has 0 bridgehead atoms. The van der Waals surface area contributed by atoms with Gasteiger partial charge in [0.1, 0.15) is 6.61 Å². The van der Waals surface area contributed by atoms with Crippen LogP contribution < -0.4 is 9.47 Å². The Hall–Kier alpha value is -2.30. The summed E-state index contributed by atoms with van der Waals surface area (Å²) in [4.78, 5) is 26.3. The highest BCUT2D eigenvalue weighted by Crippen LogP contribution is 2.36. The summed E-state index contributed by atoms with van der Waals surface area (Å²) in [5.41, 5.74) is 0. The molecular formula is C17H17NO4. The Labute approximate surface area is 128 Å². The van der Waals surface area contributed by atoms with Crippen molar-refractivity contribution in [3.8, 4) is 11.5 Å². The van der Waals surface area contributed by atoms with Crippen LogP contribution in [0.25, 0.3) is 0 Å². The standard InChI is InChI=1S/C17H17NO4/c19-16-12-5-1-2-6-13(12)17(20)18(16)9-11-10-21-14-7-3-4-8-15(14)22-11/h1-4,7-8,11-13H,5-6,9-10H2. The summed E-state index contributed by atoms with van der Waals surface area (Å²) in [5, 5.41) is 0. The lowest BCUT2D eigenvalue weighted by molar-refractivity contribution is -0.141. The second kappa shape index (κ2) is 5.16. The predicted octanol–water partition coefficient (Wildman–Crippen LogP) is 1.78. The van der Waals surface area contributed by atoms with E-state index in [0.717, 1.165) is 0 Å². The number of para-hydroxylation sites is 2. The van der Waals surface area contributed by atoms with E-state index in [9.17, 15) is 9.59 Å². The third kappa shape index (κ3) is 2.08. The van der Waals surface area contributed by atoms with Crippen LogP contribution in [0.15, 0.2) is 36.4 Å². The second-order valence-electron chi connectivity index (χ2n) is 5.94. The lowest BCUT2D eigenvalue weighted by Gasteiger charge is -2.29. The molecule has 2 amide bonds. The van der Waals surface area contributed by atoms with E-state index in [-0.39, 0.29) is 36.3 Å². The number of allylic oxidation sites excluding steroid dienone is 2. The third-order valence-corrected chi connectivity index (χ3v) is 4.55. The average Bonchev–Trinajstić information content (AvgIpc) is 2.80. The van der Waals surface area contributed by atoms with Crippen molar-refractivity contribution in [3.05, 3.63) is 36.4 Å². The van der Waals surface area contributed by atoms with Crippen LogP contribution in [0.5, 0.6) is 11.5 Å². The predicted molar refractivity (Wildman–Crippen MR) is 78.4 cm³/mol. The minimum atomic E-state index is -0.309. The van der Waals surface area contributed by atoms with Crippen LogP contribution in [0.4, 0.5) is 0 Å². The molecule has 4 rings (SSSR count). The van der Waals surface area contributed by atoms with Crippen LogP contribution in [-0.4, -0.2) is 36.0 Å². The molecule has 0 saturated carbocycles. The Morgan fingerprint density at radius 3 is 2.32 bits per heavy atom. The van der Waals surface area contributed by atoms with Crippen molar-refractivity contribution in [1.82, 2.24) is 4.90 Å². The molecule has 2 aliphatic heterocycles. The number of hydrogen-bond acceptors (Lipinski definition) is 4. The molecule has 22 heavy (non-hydrogen) atoms. The van der Waals surface area contributed by atoms with Crippen molar-refractivity contribution in [3.63, 3.8) is 0 Å². The van der Waals surface area contributed by atoms with Gasteiger partial charge >= 0.3 is 0 Å². The smallest absolute Gasteiger partial charge is 0.233 e. The van der Waals surface area contributed by atoms with Gasteiger partial charge in [-0.15, -0.1) is 0 Å². The van der Waals surface area contributed by atoms with Crippen LogP contribution in [0.2, 0.25) is 0 Å². The van der Waals surface area contributed by atoms with Crippen LogP contribution in [-0.2, 0) is 9.59 Å². The van der Waals surface area contributed by atoms with E-state index in [2.05, 4.69) is 0 Å². The number of carbonyl (C=O) groups is 2. The zero-order valence-corrected chi connectivity index (χ0v) is 12.1. The van der Waals surface area contributed by atoms with Gasteiger partial charge in [0.05, 0.1) is 18.4 Å². The molecule has 1 saturated heterocycles. The molecule has 3 aliphatic rings. The van der Waals surface area contributed by atoms with Crippen molar-refractivity contribution < 1.29 is 19.1 Å². The maximum absolute atomic E-state index is 12.4. The average molecular weight is 299 g/mol. The van der Waals surface area contributed by atoms with Gasteiger partial charge < -0.3 is 9.47 Å². The molecule has 5 heteroatoms. The van der Waals surface area contributed by atoms with Crippen LogP contribution in [0.3, 0.4) is 0 Å². The fourth-order valence-electron chi connectivity index (χ4n) is 3.41. The van der Waals surface area contributed by atoms with Crippen LogP contribution in [0, 0.1) is 11.8 Å². The van der Waals surface area contributed by atoms with Gasteiger partial charge in [-0.25, -0.2) is 0 Å². The van der Waals surface area contributed by atoms with E-state index >= 15 is 0 Å². The third-order valence-electron chi connectivity index (χ3n) is 4.55. The molecule has 1 aromatic carbocycles. The van der Waals surface area contributed by atoms with Crippen molar-refractivity contribution >= 4 is 11.8 Å². The lowest BCUT2D eigenvalue weighted by Crippen LogP contribution is -2.44. The first-order valence-corrected chi connectivity index (χ1v) is 7.63. The number of likely N-dealkylation sites (tertiary alicyclic amines) is 1. The SMILES string of the molecule is O=C1C2CC=CCC2C(=O)N1CC1COc2ccccc2O1. The van der Waals surface area contributed by atoms with Crippen LogP contribution >= 0.6 is 0 Å². The summed E-state index contributed by atoms with van der Waals surface area (Å²) in [6, 6.07) is 7.43. The van der Waals surface area contributed by atoms with E-state index < -0.39 is 0 Å². The molecule has 0 aromatic heterocycles. The van der Waals surface area contributed by atoms with Crippen molar-refractivity contribution in [1.29, 1.82) is 0 Å². The number of rotatable bonds is 2. The molecule has 0 N–H and O–H groups in total. The minimum Gasteiger partial charge on any atom is -0.486 e. The Balaban J connectivity index is 1.48. The molecule has 114 valence electrons. The van der Waals surface area contributed by atoms with Gasteiger partial charge in [-0.05, 0) is 25.0 Å². The quantitative estimate of drug-likeness (QED) is 0.617. The molecule has 3 atom stereocenters. The molecule has 1 aliphatic carbocycles. The van der Waals surface area contributed by atoms with Crippen molar-refractivity contribution in [2.45, 2.75) is 18.9 Å². The lowest BCUT2D eigenvalue weighted by atomic mass is 9.85. The number of carbonyl (C=O) groups excluding carboxylic acids is 2. The first kappa shape index (κ1) is 13.4. The topological polar surface area (TPSA) is 55.8 Å². The molecule has 1 aromatic rings. The maximum atomic E-state index is 12.4. The number of amides is 2. The Morgan fingerprint density at radius 1 is 1.00 bits per heavy atom. The summed E-state index contributed by atoms with van der Waals surface area (Å²) in [7, 11) is 0. The summed E-state index contributed by atoms with van der Waals surface area (Å²) >= 11 is 0.